The third-order valence-corrected chi connectivity index (χ3v) is 3.07. The zero-order valence-electron chi connectivity index (χ0n) is 11.5. The largest absolute Gasteiger partial charge is 0.340 e. The molecule has 2 N–H and O–H groups in total. The predicted molar refractivity (Wildman–Crippen MR) is 77.2 cm³/mol. The Morgan fingerprint density at radius 2 is 2.20 bits per heavy atom. The second-order valence-corrected chi connectivity index (χ2v) is 4.78. The van der Waals surface area contributed by atoms with Gasteiger partial charge in [0, 0.05) is 6.54 Å². The van der Waals surface area contributed by atoms with Gasteiger partial charge < -0.3 is 10.3 Å². The van der Waals surface area contributed by atoms with Gasteiger partial charge >= 0.3 is 0 Å². The van der Waals surface area contributed by atoms with Gasteiger partial charge in [0.1, 0.15) is 12.4 Å². The first-order valence-electron chi connectivity index (χ1n) is 6.88. The molecule has 3 rings (SSSR count). The van der Waals surface area contributed by atoms with Crippen LogP contribution >= 0.6 is 0 Å². The number of hydrogen-bond donors (Lipinski definition) is 2. The molecule has 3 aromatic rings. The Hall–Kier alpha value is -2.21. The fraction of sp³-hybridized carbons (Fsp3) is 0.357. The molecule has 104 valence electrons. The molecular formula is C14H18N6. The standard InChI is InChI=1S/C14H18N6/c1-2-7-15-8-11-9-20(19-18-11)10-14-16-12-5-3-4-6-13(12)17-14/h3-6,9,15H,2,7-8,10H2,1H3,(H,16,17). The maximum atomic E-state index is 4.53. The van der Waals surface area contributed by atoms with Crippen molar-refractivity contribution in [3.05, 3.63) is 42.0 Å². The molecular weight excluding hydrogens is 252 g/mol. The Morgan fingerprint density at radius 1 is 1.30 bits per heavy atom. The molecule has 2 aromatic heterocycles. The third kappa shape index (κ3) is 2.85. The van der Waals surface area contributed by atoms with Crippen molar-refractivity contribution in [2.45, 2.75) is 26.4 Å². The molecule has 6 heteroatoms. The van der Waals surface area contributed by atoms with E-state index in [1.807, 2.05) is 30.5 Å². The average Bonchev–Trinajstić information content (AvgIpc) is 3.05. The van der Waals surface area contributed by atoms with Gasteiger partial charge in [-0.2, -0.15) is 0 Å². The average molecular weight is 270 g/mol. The van der Waals surface area contributed by atoms with Crippen LogP contribution in [0.15, 0.2) is 30.5 Å². The highest BCUT2D eigenvalue weighted by molar-refractivity contribution is 5.74. The summed E-state index contributed by atoms with van der Waals surface area (Å²) in [5, 5.41) is 11.6. The van der Waals surface area contributed by atoms with Crippen molar-refractivity contribution in [1.29, 1.82) is 0 Å². The number of hydrogen-bond acceptors (Lipinski definition) is 4. The highest BCUT2D eigenvalue weighted by atomic mass is 15.4. The lowest BCUT2D eigenvalue weighted by molar-refractivity contribution is 0.629. The number of benzene rings is 1. The second-order valence-electron chi connectivity index (χ2n) is 4.78. The molecule has 0 atom stereocenters. The third-order valence-electron chi connectivity index (χ3n) is 3.07. The molecule has 0 saturated heterocycles. The van der Waals surface area contributed by atoms with Crippen LogP contribution < -0.4 is 5.32 Å². The van der Waals surface area contributed by atoms with Gasteiger partial charge in [-0.3, -0.25) is 0 Å². The summed E-state index contributed by atoms with van der Waals surface area (Å²) in [6, 6.07) is 8.00. The molecule has 0 spiro atoms. The summed E-state index contributed by atoms with van der Waals surface area (Å²) in [7, 11) is 0. The van der Waals surface area contributed by atoms with E-state index < -0.39 is 0 Å². The highest BCUT2D eigenvalue weighted by Crippen LogP contribution is 2.10. The van der Waals surface area contributed by atoms with Crippen LogP contribution in [0.2, 0.25) is 0 Å². The van der Waals surface area contributed by atoms with Gasteiger partial charge in [0.05, 0.1) is 22.9 Å². The molecule has 0 saturated carbocycles. The van der Waals surface area contributed by atoms with Gasteiger partial charge in [-0.05, 0) is 25.1 Å². The van der Waals surface area contributed by atoms with E-state index in [0.29, 0.717) is 6.54 Å². The molecule has 0 aliphatic carbocycles. The summed E-state index contributed by atoms with van der Waals surface area (Å²) in [4.78, 5) is 7.82. The van der Waals surface area contributed by atoms with Gasteiger partial charge in [0.15, 0.2) is 0 Å². The predicted octanol–water partition coefficient (Wildman–Crippen LogP) is 1.70. The second kappa shape index (κ2) is 5.83. The van der Waals surface area contributed by atoms with Crippen molar-refractivity contribution < 1.29 is 0 Å². The number of para-hydroxylation sites is 2. The van der Waals surface area contributed by atoms with E-state index >= 15 is 0 Å². The van der Waals surface area contributed by atoms with Crippen molar-refractivity contribution in [3.8, 4) is 0 Å². The maximum absolute atomic E-state index is 4.53. The normalized spacial score (nSPS) is 11.2. The minimum Gasteiger partial charge on any atom is -0.340 e. The van der Waals surface area contributed by atoms with E-state index in [1.165, 1.54) is 0 Å². The lowest BCUT2D eigenvalue weighted by Gasteiger charge is -1.97. The lowest BCUT2D eigenvalue weighted by Crippen LogP contribution is -2.13. The van der Waals surface area contributed by atoms with Crippen molar-refractivity contribution in [2.75, 3.05) is 6.54 Å². The van der Waals surface area contributed by atoms with E-state index in [9.17, 15) is 0 Å². The fourth-order valence-electron chi connectivity index (χ4n) is 2.12. The molecule has 0 aliphatic rings. The number of imidazole rings is 1. The molecule has 2 heterocycles. The van der Waals surface area contributed by atoms with Crippen LogP contribution in [0.3, 0.4) is 0 Å². The van der Waals surface area contributed by atoms with Crippen LogP contribution in [-0.4, -0.2) is 31.5 Å². The topological polar surface area (TPSA) is 71.4 Å². The number of aromatic amines is 1. The van der Waals surface area contributed by atoms with E-state index in [2.05, 4.69) is 32.5 Å². The zero-order valence-corrected chi connectivity index (χ0v) is 11.5. The SMILES string of the molecule is CCCNCc1cn(Cc2nc3ccccc3[nH]2)nn1. The zero-order chi connectivity index (χ0) is 13.8. The molecule has 0 aliphatic heterocycles. The maximum Gasteiger partial charge on any atom is 0.129 e. The number of fused-ring (bicyclic) bond motifs is 1. The first-order chi connectivity index (χ1) is 9.85. The molecule has 0 radical (unpaired) electrons. The van der Waals surface area contributed by atoms with Gasteiger partial charge in [-0.15, -0.1) is 5.10 Å². The molecule has 1 aromatic carbocycles. The highest BCUT2D eigenvalue weighted by Gasteiger charge is 2.05. The summed E-state index contributed by atoms with van der Waals surface area (Å²) in [5.74, 6) is 0.893. The van der Waals surface area contributed by atoms with Gasteiger partial charge in [-0.1, -0.05) is 24.3 Å². The first kappa shape index (κ1) is 12.8. The number of H-pyrrole nitrogens is 1. The summed E-state index contributed by atoms with van der Waals surface area (Å²) in [6.07, 6.45) is 3.07. The quantitative estimate of drug-likeness (QED) is 0.669. The smallest absolute Gasteiger partial charge is 0.129 e. The van der Waals surface area contributed by atoms with Crippen molar-refractivity contribution in [3.63, 3.8) is 0 Å². The summed E-state index contributed by atoms with van der Waals surface area (Å²) in [6.45, 7) is 4.51. The van der Waals surface area contributed by atoms with Gasteiger partial charge in [0.2, 0.25) is 0 Å². The molecule has 20 heavy (non-hydrogen) atoms. The Balaban J connectivity index is 1.68. The fourth-order valence-corrected chi connectivity index (χ4v) is 2.12. The minimum atomic E-state index is 0.607. The Kier molecular flexibility index (Phi) is 3.73. The van der Waals surface area contributed by atoms with Crippen LogP contribution in [0.25, 0.3) is 11.0 Å². The number of rotatable bonds is 6. The van der Waals surface area contributed by atoms with E-state index in [4.69, 9.17) is 0 Å². The molecule has 0 bridgehead atoms. The van der Waals surface area contributed by atoms with Crippen molar-refractivity contribution in [1.82, 2.24) is 30.3 Å². The van der Waals surface area contributed by atoms with Crippen LogP contribution in [0.4, 0.5) is 0 Å². The Labute approximate surface area is 117 Å². The number of nitrogens with one attached hydrogen (secondary N) is 2. The Morgan fingerprint density at radius 3 is 3.05 bits per heavy atom. The summed E-state index contributed by atoms with van der Waals surface area (Å²) < 4.78 is 1.81. The lowest BCUT2D eigenvalue weighted by atomic mass is 10.3. The number of aromatic nitrogens is 5. The minimum absolute atomic E-state index is 0.607. The summed E-state index contributed by atoms with van der Waals surface area (Å²) in [5.41, 5.74) is 2.98. The van der Waals surface area contributed by atoms with Crippen LogP contribution in [0.5, 0.6) is 0 Å². The van der Waals surface area contributed by atoms with Gasteiger partial charge in [0.25, 0.3) is 0 Å². The van der Waals surface area contributed by atoms with Crippen LogP contribution in [0, 0.1) is 0 Å². The van der Waals surface area contributed by atoms with E-state index in [1.54, 1.807) is 4.68 Å². The first-order valence-corrected chi connectivity index (χ1v) is 6.88. The van der Waals surface area contributed by atoms with E-state index in [-0.39, 0.29) is 0 Å². The van der Waals surface area contributed by atoms with Gasteiger partial charge in [-0.25, -0.2) is 9.67 Å². The molecule has 0 unspecified atom stereocenters. The number of nitrogens with zero attached hydrogens (tertiary/aromatic N) is 4. The van der Waals surface area contributed by atoms with Crippen LogP contribution in [0.1, 0.15) is 24.9 Å². The van der Waals surface area contributed by atoms with E-state index in [0.717, 1.165) is 42.1 Å². The molecule has 0 amide bonds. The van der Waals surface area contributed by atoms with Crippen molar-refractivity contribution >= 4 is 11.0 Å². The molecule has 0 fully saturated rings. The Bertz CT molecular complexity index is 651. The molecule has 6 nitrogen and oxygen atoms in total. The van der Waals surface area contributed by atoms with Crippen LogP contribution in [-0.2, 0) is 13.1 Å². The monoisotopic (exact) mass is 270 g/mol. The van der Waals surface area contributed by atoms with Crippen molar-refractivity contribution in [2.24, 2.45) is 0 Å². The summed E-state index contributed by atoms with van der Waals surface area (Å²) >= 11 is 0.